The van der Waals surface area contributed by atoms with Crippen LogP contribution >= 0.6 is 45.8 Å². The Hall–Kier alpha value is -1.11. The van der Waals surface area contributed by atoms with Gasteiger partial charge < -0.3 is 4.42 Å². The minimum Gasteiger partial charge on any atom is -0.436 e. The van der Waals surface area contributed by atoms with Crippen LogP contribution in [0, 0.1) is 3.57 Å². The molecule has 0 spiro atoms. The highest BCUT2D eigenvalue weighted by Gasteiger charge is 2.13. The van der Waals surface area contributed by atoms with Gasteiger partial charge in [0.1, 0.15) is 5.52 Å². The second-order valence-corrected chi connectivity index (χ2v) is 6.10. The summed E-state index contributed by atoms with van der Waals surface area (Å²) in [6.45, 7) is 0. The highest BCUT2D eigenvalue weighted by Crippen LogP contribution is 2.31. The van der Waals surface area contributed by atoms with E-state index >= 15 is 0 Å². The number of aromatic nitrogens is 1. The maximum absolute atomic E-state index is 11.1. The Morgan fingerprint density at radius 1 is 1.20 bits per heavy atom. The molecule has 0 atom stereocenters. The van der Waals surface area contributed by atoms with E-state index in [0.29, 0.717) is 33.1 Å². The van der Waals surface area contributed by atoms with E-state index in [2.05, 4.69) is 27.6 Å². The second kappa shape index (κ2) is 5.35. The van der Waals surface area contributed by atoms with Gasteiger partial charge in [-0.05, 0) is 70.6 Å². The zero-order valence-electron chi connectivity index (χ0n) is 9.86. The lowest BCUT2D eigenvalue weighted by Crippen LogP contribution is -1.87. The van der Waals surface area contributed by atoms with Crippen LogP contribution in [0.1, 0.15) is 10.4 Å². The number of rotatable bonds is 2. The van der Waals surface area contributed by atoms with Crippen molar-refractivity contribution < 1.29 is 9.21 Å². The molecule has 0 aliphatic carbocycles. The zero-order chi connectivity index (χ0) is 14.3. The second-order valence-electron chi connectivity index (χ2n) is 4.10. The van der Waals surface area contributed by atoms with Crippen LogP contribution in [0.3, 0.4) is 0 Å². The summed E-state index contributed by atoms with van der Waals surface area (Å²) in [6.07, 6.45) is 0. The molecule has 0 saturated carbocycles. The van der Waals surface area contributed by atoms with Gasteiger partial charge in [-0.3, -0.25) is 4.79 Å². The summed E-state index contributed by atoms with van der Waals surface area (Å²) in [5.41, 5.74) is 2.25. The van der Waals surface area contributed by atoms with Gasteiger partial charge in [0, 0.05) is 9.13 Å². The molecule has 3 aromatic rings. The third-order valence-corrected chi connectivity index (χ3v) is 3.99. The topological polar surface area (TPSA) is 43.1 Å². The van der Waals surface area contributed by atoms with Crippen molar-refractivity contribution in [3.8, 4) is 11.5 Å². The molecule has 0 fully saturated rings. The largest absolute Gasteiger partial charge is 0.436 e. The number of nitrogens with zero attached hydrogens (tertiary/aromatic N) is 1. The molecule has 100 valence electrons. The molecule has 0 saturated heterocycles. The van der Waals surface area contributed by atoms with Crippen LogP contribution in [0.15, 0.2) is 40.8 Å². The Kier molecular flexibility index (Phi) is 3.70. The lowest BCUT2D eigenvalue weighted by molar-refractivity contribution is 0.108. The summed E-state index contributed by atoms with van der Waals surface area (Å²) in [5, 5.41) is 0.0364. The molecule has 1 aromatic heterocycles. The van der Waals surface area contributed by atoms with Crippen molar-refractivity contribution in [1.29, 1.82) is 0 Å². The number of hydrogen-bond acceptors (Lipinski definition) is 3. The molecule has 2 aromatic carbocycles. The lowest BCUT2D eigenvalue weighted by atomic mass is 10.2. The van der Waals surface area contributed by atoms with Crippen LogP contribution in [0.2, 0.25) is 5.02 Å². The zero-order valence-corrected chi connectivity index (χ0v) is 13.5. The van der Waals surface area contributed by atoms with Gasteiger partial charge in [-0.2, -0.15) is 0 Å². The number of oxazole rings is 1. The smallest absolute Gasteiger partial charge is 0.252 e. The third-order valence-electron chi connectivity index (χ3n) is 2.77. The standard InChI is InChI=1S/C14H6Cl2INO2/c15-10-3-2-8(17)6-9(10)14-18-11-5-7(13(16)19)1-4-12(11)20-14/h1-6H. The van der Waals surface area contributed by atoms with Gasteiger partial charge in [0.2, 0.25) is 5.89 Å². The average molecular weight is 418 g/mol. The minimum absolute atomic E-state index is 0.382. The predicted octanol–water partition coefficient (Wildman–Crippen LogP) is 5.13. The van der Waals surface area contributed by atoms with E-state index in [9.17, 15) is 4.79 Å². The molecule has 0 unspecified atom stereocenters. The van der Waals surface area contributed by atoms with Crippen molar-refractivity contribution in [2.24, 2.45) is 0 Å². The molecule has 0 amide bonds. The maximum atomic E-state index is 11.1. The molecule has 0 aliphatic rings. The minimum atomic E-state index is -0.524. The molecule has 0 bridgehead atoms. The van der Waals surface area contributed by atoms with Crippen LogP contribution in [-0.2, 0) is 0 Å². The van der Waals surface area contributed by atoms with E-state index in [1.807, 2.05) is 12.1 Å². The summed E-state index contributed by atoms with van der Waals surface area (Å²) in [6, 6.07) is 10.5. The Morgan fingerprint density at radius 3 is 2.75 bits per heavy atom. The fraction of sp³-hybridized carbons (Fsp3) is 0. The Bertz CT molecular complexity index is 829. The van der Waals surface area contributed by atoms with Crippen LogP contribution in [-0.4, -0.2) is 10.2 Å². The van der Waals surface area contributed by atoms with E-state index in [-0.39, 0.29) is 0 Å². The highest BCUT2D eigenvalue weighted by molar-refractivity contribution is 14.1. The van der Waals surface area contributed by atoms with E-state index in [1.165, 1.54) is 0 Å². The Balaban J connectivity index is 2.17. The van der Waals surface area contributed by atoms with E-state index in [4.69, 9.17) is 27.6 Å². The van der Waals surface area contributed by atoms with Gasteiger partial charge in [-0.25, -0.2) is 4.98 Å². The van der Waals surface area contributed by atoms with Crippen molar-refractivity contribution >= 4 is 62.1 Å². The molecular formula is C14H6Cl2INO2. The lowest BCUT2D eigenvalue weighted by Gasteiger charge is -1.99. The number of carbonyl (C=O) groups excluding carboxylic acids is 1. The molecule has 0 N–H and O–H groups in total. The van der Waals surface area contributed by atoms with E-state index in [0.717, 1.165) is 3.57 Å². The predicted molar refractivity (Wildman–Crippen MR) is 87.4 cm³/mol. The van der Waals surface area contributed by atoms with Crippen LogP contribution in [0.4, 0.5) is 0 Å². The van der Waals surface area contributed by atoms with Gasteiger partial charge in [0.25, 0.3) is 5.24 Å². The number of carbonyl (C=O) groups is 1. The molecule has 1 heterocycles. The fourth-order valence-electron chi connectivity index (χ4n) is 1.83. The number of hydrogen-bond donors (Lipinski definition) is 0. The van der Waals surface area contributed by atoms with E-state index < -0.39 is 5.24 Å². The Labute approximate surface area is 138 Å². The monoisotopic (exact) mass is 417 g/mol. The highest BCUT2D eigenvalue weighted by atomic mass is 127. The SMILES string of the molecule is O=C(Cl)c1ccc2oc(-c3cc(I)ccc3Cl)nc2c1. The van der Waals surface area contributed by atoms with Crippen molar-refractivity contribution in [3.05, 3.63) is 50.6 Å². The van der Waals surface area contributed by atoms with Gasteiger partial charge in [0.05, 0.1) is 10.6 Å². The van der Waals surface area contributed by atoms with Gasteiger partial charge in [-0.1, -0.05) is 11.6 Å². The van der Waals surface area contributed by atoms with Crippen molar-refractivity contribution in [3.63, 3.8) is 0 Å². The van der Waals surface area contributed by atoms with Gasteiger partial charge in [-0.15, -0.1) is 0 Å². The van der Waals surface area contributed by atoms with Crippen molar-refractivity contribution in [1.82, 2.24) is 4.98 Å². The summed E-state index contributed by atoms with van der Waals surface area (Å²) < 4.78 is 6.70. The molecule has 6 heteroatoms. The molecule has 0 aliphatic heterocycles. The first-order chi connectivity index (χ1) is 9.54. The van der Waals surface area contributed by atoms with Crippen molar-refractivity contribution in [2.45, 2.75) is 0 Å². The van der Waals surface area contributed by atoms with Crippen LogP contribution in [0.25, 0.3) is 22.6 Å². The van der Waals surface area contributed by atoms with E-state index in [1.54, 1.807) is 24.3 Å². The van der Waals surface area contributed by atoms with Gasteiger partial charge in [0.15, 0.2) is 5.58 Å². The third kappa shape index (κ3) is 2.55. The van der Waals surface area contributed by atoms with Crippen molar-refractivity contribution in [2.75, 3.05) is 0 Å². The van der Waals surface area contributed by atoms with Crippen LogP contribution < -0.4 is 0 Å². The normalized spacial score (nSPS) is 10.9. The first-order valence-corrected chi connectivity index (χ1v) is 7.44. The van der Waals surface area contributed by atoms with Gasteiger partial charge >= 0.3 is 0 Å². The molecule has 20 heavy (non-hydrogen) atoms. The molecule has 0 radical (unpaired) electrons. The molecular weight excluding hydrogens is 412 g/mol. The summed E-state index contributed by atoms with van der Waals surface area (Å²) in [4.78, 5) is 15.5. The molecule has 3 nitrogen and oxygen atoms in total. The Morgan fingerprint density at radius 2 is 2.00 bits per heavy atom. The first kappa shape index (κ1) is 13.9. The summed E-state index contributed by atoms with van der Waals surface area (Å²) >= 11 is 13.8. The average Bonchev–Trinajstić information content (AvgIpc) is 2.83. The number of fused-ring (bicyclic) bond motifs is 1. The fourth-order valence-corrected chi connectivity index (χ4v) is 2.63. The number of halogens is 3. The molecule has 3 rings (SSSR count). The maximum Gasteiger partial charge on any atom is 0.252 e. The number of benzene rings is 2. The van der Waals surface area contributed by atoms with Crippen LogP contribution in [0.5, 0.6) is 0 Å². The quantitative estimate of drug-likeness (QED) is 0.428. The first-order valence-electron chi connectivity index (χ1n) is 5.60. The summed E-state index contributed by atoms with van der Waals surface area (Å²) in [7, 11) is 0. The summed E-state index contributed by atoms with van der Waals surface area (Å²) in [5.74, 6) is 0.419.